The van der Waals surface area contributed by atoms with Gasteiger partial charge in [-0.1, -0.05) is 71.6 Å². The molecule has 0 heterocycles. The van der Waals surface area contributed by atoms with E-state index in [1.807, 2.05) is 6.92 Å². The van der Waals surface area contributed by atoms with Crippen LogP contribution in [0.25, 0.3) is 0 Å². The fourth-order valence-electron chi connectivity index (χ4n) is 2.76. The molecule has 0 fully saturated rings. The molecule has 0 spiro atoms. The number of hydrogen-bond acceptors (Lipinski definition) is 1. The van der Waals surface area contributed by atoms with Gasteiger partial charge in [-0.15, -0.1) is 0 Å². The molecule has 4 heteroatoms. The number of halogens is 3. The molecule has 0 aromatic rings. The summed E-state index contributed by atoms with van der Waals surface area (Å²) in [5.74, 6) is 0. The molecule has 0 bridgehead atoms. The van der Waals surface area contributed by atoms with Gasteiger partial charge in [-0.2, -0.15) is 13.2 Å². The Bertz CT molecular complexity index is 266. The summed E-state index contributed by atoms with van der Waals surface area (Å²) in [5, 5.41) is 0. The molecule has 2 atom stereocenters. The van der Waals surface area contributed by atoms with Crippen molar-refractivity contribution in [2.24, 2.45) is 0 Å². The molecule has 0 radical (unpaired) electrons. The second-order valence-electron chi connectivity index (χ2n) is 6.73. The van der Waals surface area contributed by atoms with E-state index in [1.54, 1.807) is 0 Å². The van der Waals surface area contributed by atoms with Crippen LogP contribution in [-0.2, 0) is 4.74 Å². The average Bonchev–Trinajstić information content (AvgIpc) is 2.42. The smallest absolute Gasteiger partial charge is 0.363 e. The van der Waals surface area contributed by atoms with Crippen molar-refractivity contribution in [3.63, 3.8) is 0 Å². The maximum Gasteiger partial charge on any atom is 0.414 e. The highest BCUT2D eigenvalue weighted by molar-refractivity contribution is 4.79. The van der Waals surface area contributed by atoms with Crippen molar-refractivity contribution >= 4 is 0 Å². The van der Waals surface area contributed by atoms with Gasteiger partial charge in [0.05, 0.1) is 5.60 Å². The Labute approximate surface area is 135 Å². The molecular weight excluding hydrogens is 289 g/mol. The van der Waals surface area contributed by atoms with Crippen LogP contribution in [-0.4, -0.2) is 17.9 Å². The van der Waals surface area contributed by atoms with Crippen molar-refractivity contribution in [1.29, 1.82) is 0 Å². The normalized spacial score (nSPS) is 16.5. The maximum absolute atomic E-state index is 12.8. The first-order valence-corrected chi connectivity index (χ1v) is 8.99. The van der Waals surface area contributed by atoms with E-state index < -0.39 is 17.9 Å². The highest BCUT2D eigenvalue weighted by atomic mass is 19.4. The number of unbranched alkanes of at least 4 members (excludes halogenated alkanes) is 7. The van der Waals surface area contributed by atoms with Crippen LogP contribution in [0.5, 0.6) is 0 Å². The quantitative estimate of drug-likeness (QED) is 0.330. The lowest BCUT2D eigenvalue weighted by atomic mass is 9.91. The maximum atomic E-state index is 12.8. The fraction of sp³-hybridized carbons (Fsp3) is 1.00. The van der Waals surface area contributed by atoms with Gasteiger partial charge in [0.2, 0.25) is 0 Å². The average molecular weight is 324 g/mol. The summed E-state index contributed by atoms with van der Waals surface area (Å²) in [6, 6.07) is 0. The summed E-state index contributed by atoms with van der Waals surface area (Å²) in [7, 11) is 0. The Morgan fingerprint density at radius 2 is 1.18 bits per heavy atom. The SMILES string of the molecule is CCCCCCCC(C)(CCCCCC)OC(C)C(F)(F)F. The first-order chi connectivity index (χ1) is 10.2. The molecule has 0 aromatic carbocycles. The van der Waals surface area contributed by atoms with Gasteiger partial charge in [-0.3, -0.25) is 0 Å². The number of hydrogen-bond donors (Lipinski definition) is 0. The molecule has 0 aliphatic heterocycles. The number of alkyl halides is 3. The van der Waals surface area contributed by atoms with Gasteiger partial charge in [-0.05, 0) is 26.7 Å². The number of ether oxygens (including phenoxy) is 1. The molecule has 134 valence electrons. The first kappa shape index (κ1) is 21.8. The van der Waals surface area contributed by atoms with Gasteiger partial charge in [0.15, 0.2) is 6.10 Å². The second kappa shape index (κ2) is 11.3. The van der Waals surface area contributed by atoms with E-state index in [2.05, 4.69) is 13.8 Å². The molecule has 0 aromatic heterocycles. The minimum absolute atomic E-state index is 0.644. The van der Waals surface area contributed by atoms with Crippen LogP contribution in [0.2, 0.25) is 0 Å². The zero-order chi connectivity index (χ0) is 17.1. The van der Waals surface area contributed by atoms with Crippen molar-refractivity contribution in [2.75, 3.05) is 0 Å². The van der Waals surface area contributed by atoms with Crippen molar-refractivity contribution in [3.05, 3.63) is 0 Å². The standard InChI is InChI=1S/C18H35F3O/c1-5-7-9-11-13-15-17(4,14-12-10-8-6-2)22-16(3)18(19,20)21/h16H,5-15H2,1-4H3. The van der Waals surface area contributed by atoms with Crippen molar-refractivity contribution in [3.8, 4) is 0 Å². The van der Waals surface area contributed by atoms with Crippen molar-refractivity contribution in [1.82, 2.24) is 0 Å². The first-order valence-electron chi connectivity index (χ1n) is 8.99. The van der Waals surface area contributed by atoms with E-state index >= 15 is 0 Å². The third-order valence-corrected chi connectivity index (χ3v) is 4.29. The van der Waals surface area contributed by atoms with E-state index in [1.165, 1.54) is 12.8 Å². The summed E-state index contributed by atoms with van der Waals surface area (Å²) in [4.78, 5) is 0. The van der Waals surface area contributed by atoms with E-state index in [9.17, 15) is 13.2 Å². The summed E-state index contributed by atoms with van der Waals surface area (Å²) in [5.41, 5.74) is -0.644. The Balaban J connectivity index is 4.40. The van der Waals surface area contributed by atoms with Gasteiger partial charge < -0.3 is 4.74 Å². The van der Waals surface area contributed by atoms with Gasteiger partial charge >= 0.3 is 6.18 Å². The van der Waals surface area contributed by atoms with E-state index in [0.717, 1.165) is 64.7 Å². The second-order valence-corrected chi connectivity index (χ2v) is 6.73. The lowest BCUT2D eigenvalue weighted by molar-refractivity contribution is -0.247. The third kappa shape index (κ3) is 10.5. The minimum Gasteiger partial charge on any atom is -0.363 e. The lowest BCUT2D eigenvalue weighted by Crippen LogP contribution is -2.39. The predicted octanol–water partition coefficient (Wildman–Crippen LogP) is 7.04. The molecule has 0 saturated heterocycles. The van der Waals surface area contributed by atoms with E-state index in [-0.39, 0.29) is 0 Å². The molecule has 0 rings (SSSR count). The largest absolute Gasteiger partial charge is 0.414 e. The lowest BCUT2D eigenvalue weighted by Gasteiger charge is -2.34. The van der Waals surface area contributed by atoms with Crippen LogP contribution in [0.15, 0.2) is 0 Å². The van der Waals surface area contributed by atoms with Crippen LogP contribution in [0.1, 0.15) is 98.3 Å². The summed E-state index contributed by atoms with van der Waals surface area (Å²) >= 11 is 0. The van der Waals surface area contributed by atoms with Gasteiger partial charge in [0, 0.05) is 0 Å². The van der Waals surface area contributed by atoms with E-state index in [4.69, 9.17) is 4.74 Å². The highest BCUT2D eigenvalue weighted by Gasteiger charge is 2.41. The summed E-state index contributed by atoms with van der Waals surface area (Å²) in [6.07, 6.45) is 5.37. The van der Waals surface area contributed by atoms with Crippen LogP contribution >= 0.6 is 0 Å². The molecule has 0 amide bonds. The molecule has 0 saturated carbocycles. The van der Waals surface area contributed by atoms with Crippen molar-refractivity contribution in [2.45, 2.75) is 116 Å². The van der Waals surface area contributed by atoms with Crippen LogP contribution < -0.4 is 0 Å². The zero-order valence-corrected chi connectivity index (χ0v) is 14.9. The molecule has 0 aliphatic rings. The Hall–Kier alpha value is -0.250. The predicted molar refractivity (Wildman–Crippen MR) is 87.1 cm³/mol. The Morgan fingerprint density at radius 3 is 1.59 bits per heavy atom. The number of rotatable bonds is 13. The summed E-state index contributed by atoms with van der Waals surface area (Å²) < 4.78 is 43.8. The molecule has 22 heavy (non-hydrogen) atoms. The summed E-state index contributed by atoms with van der Waals surface area (Å²) in [6.45, 7) is 7.28. The molecule has 2 unspecified atom stereocenters. The molecule has 0 aliphatic carbocycles. The van der Waals surface area contributed by atoms with Gasteiger partial charge in [0.25, 0.3) is 0 Å². The third-order valence-electron chi connectivity index (χ3n) is 4.29. The fourth-order valence-corrected chi connectivity index (χ4v) is 2.76. The van der Waals surface area contributed by atoms with Crippen LogP contribution in [0.4, 0.5) is 13.2 Å². The minimum atomic E-state index is -4.27. The van der Waals surface area contributed by atoms with Gasteiger partial charge in [-0.25, -0.2) is 0 Å². The zero-order valence-electron chi connectivity index (χ0n) is 14.9. The molecular formula is C18H35F3O. The molecule has 1 nitrogen and oxygen atoms in total. The van der Waals surface area contributed by atoms with Crippen LogP contribution in [0, 0.1) is 0 Å². The van der Waals surface area contributed by atoms with Crippen molar-refractivity contribution < 1.29 is 17.9 Å². The van der Waals surface area contributed by atoms with E-state index in [0.29, 0.717) is 0 Å². The van der Waals surface area contributed by atoms with Crippen LogP contribution in [0.3, 0.4) is 0 Å². The molecule has 0 N–H and O–H groups in total. The Morgan fingerprint density at radius 1 is 0.773 bits per heavy atom. The topological polar surface area (TPSA) is 9.23 Å². The monoisotopic (exact) mass is 324 g/mol. The van der Waals surface area contributed by atoms with Gasteiger partial charge in [0.1, 0.15) is 0 Å². The Kier molecular flexibility index (Phi) is 11.2. The highest BCUT2D eigenvalue weighted by Crippen LogP contribution is 2.33.